The molecule has 0 saturated carbocycles. The van der Waals surface area contributed by atoms with Crippen molar-refractivity contribution in [2.45, 2.75) is 20.3 Å². The number of aromatic amines is 1. The number of ketones is 1. The van der Waals surface area contributed by atoms with Crippen molar-refractivity contribution in [3.8, 4) is 10.7 Å². The molecule has 3 rings (SSSR count). The van der Waals surface area contributed by atoms with Crippen LogP contribution in [0.15, 0.2) is 24.0 Å². The number of hydrogen-bond acceptors (Lipinski definition) is 4. The smallest absolute Gasteiger partial charge is 0.161 e. The summed E-state index contributed by atoms with van der Waals surface area (Å²) in [5, 5.41) is 3.77. The molecule has 96 valence electrons. The second kappa shape index (κ2) is 4.59. The van der Waals surface area contributed by atoms with Crippen LogP contribution < -0.4 is 0 Å². The first-order chi connectivity index (χ1) is 9.22. The van der Waals surface area contributed by atoms with Gasteiger partial charge in [-0.05, 0) is 18.9 Å². The van der Waals surface area contributed by atoms with Crippen LogP contribution in [-0.2, 0) is 6.42 Å². The van der Waals surface area contributed by atoms with E-state index in [2.05, 4.69) is 21.9 Å². The van der Waals surface area contributed by atoms with Crippen LogP contribution in [-0.4, -0.2) is 20.7 Å². The maximum absolute atomic E-state index is 11.7. The Balaban J connectivity index is 2.36. The molecule has 0 aliphatic rings. The Morgan fingerprint density at radius 1 is 1.42 bits per heavy atom. The molecule has 0 fully saturated rings. The third kappa shape index (κ3) is 1.86. The lowest BCUT2D eigenvalue weighted by atomic mass is 10.0. The number of rotatable bonds is 3. The first-order valence-electron chi connectivity index (χ1n) is 6.12. The molecule has 0 aromatic carbocycles. The van der Waals surface area contributed by atoms with Gasteiger partial charge in [0, 0.05) is 34.9 Å². The first kappa shape index (κ1) is 12.0. The van der Waals surface area contributed by atoms with Gasteiger partial charge >= 0.3 is 0 Å². The molecule has 0 bridgehead atoms. The minimum atomic E-state index is 0.0669. The summed E-state index contributed by atoms with van der Waals surface area (Å²) in [6.45, 7) is 3.65. The molecule has 3 aromatic rings. The number of nitrogens with one attached hydrogen (secondary N) is 1. The molecule has 0 amide bonds. The van der Waals surface area contributed by atoms with Crippen LogP contribution in [0.4, 0.5) is 0 Å². The minimum Gasteiger partial charge on any atom is -0.359 e. The van der Waals surface area contributed by atoms with Crippen molar-refractivity contribution in [1.29, 1.82) is 0 Å². The summed E-state index contributed by atoms with van der Waals surface area (Å²) in [5.74, 6) is 0.0669. The SMILES string of the molecule is CCc1cnc(-c2nccs2)c2[nH]cc(C(C)=O)c12. The van der Waals surface area contributed by atoms with Gasteiger partial charge < -0.3 is 4.98 Å². The first-order valence-corrected chi connectivity index (χ1v) is 7.00. The van der Waals surface area contributed by atoms with Crippen molar-refractivity contribution in [3.05, 3.63) is 35.1 Å². The number of H-pyrrole nitrogens is 1. The average molecular weight is 271 g/mol. The zero-order chi connectivity index (χ0) is 13.4. The van der Waals surface area contributed by atoms with Crippen LogP contribution in [0.1, 0.15) is 29.8 Å². The van der Waals surface area contributed by atoms with E-state index in [1.807, 2.05) is 11.6 Å². The van der Waals surface area contributed by atoms with Gasteiger partial charge in [-0.2, -0.15) is 0 Å². The standard InChI is InChI=1S/C14H13N3OS/c1-3-9-6-16-13(14-15-4-5-19-14)12-11(9)10(7-17-12)8(2)18/h4-7,17H,3H2,1-2H3. The Hall–Kier alpha value is -2.01. The summed E-state index contributed by atoms with van der Waals surface area (Å²) < 4.78 is 0. The topological polar surface area (TPSA) is 58.6 Å². The number of pyridine rings is 1. The average Bonchev–Trinajstić information content (AvgIpc) is 3.06. The van der Waals surface area contributed by atoms with Crippen LogP contribution in [0, 0.1) is 0 Å². The molecule has 0 saturated heterocycles. The van der Waals surface area contributed by atoms with E-state index >= 15 is 0 Å². The van der Waals surface area contributed by atoms with Crippen LogP contribution >= 0.6 is 11.3 Å². The van der Waals surface area contributed by atoms with Gasteiger partial charge in [0.2, 0.25) is 0 Å². The second-order valence-electron chi connectivity index (χ2n) is 4.33. The molecule has 0 aliphatic carbocycles. The van der Waals surface area contributed by atoms with E-state index in [4.69, 9.17) is 0 Å². The number of aromatic nitrogens is 3. The third-order valence-corrected chi connectivity index (χ3v) is 3.96. The number of fused-ring (bicyclic) bond motifs is 1. The van der Waals surface area contributed by atoms with Gasteiger partial charge in [-0.1, -0.05) is 6.92 Å². The zero-order valence-corrected chi connectivity index (χ0v) is 11.5. The highest BCUT2D eigenvalue weighted by Gasteiger charge is 2.17. The minimum absolute atomic E-state index is 0.0669. The molecule has 0 aliphatic heterocycles. The van der Waals surface area contributed by atoms with Gasteiger partial charge in [-0.15, -0.1) is 11.3 Å². The molecule has 0 atom stereocenters. The van der Waals surface area contributed by atoms with Crippen molar-refractivity contribution in [3.63, 3.8) is 0 Å². The second-order valence-corrected chi connectivity index (χ2v) is 5.23. The van der Waals surface area contributed by atoms with E-state index in [9.17, 15) is 4.79 Å². The summed E-state index contributed by atoms with van der Waals surface area (Å²) in [5.41, 5.74) is 3.53. The maximum Gasteiger partial charge on any atom is 0.161 e. The van der Waals surface area contributed by atoms with Gasteiger partial charge in [0.05, 0.1) is 5.52 Å². The monoisotopic (exact) mass is 271 g/mol. The summed E-state index contributed by atoms with van der Waals surface area (Å²) >= 11 is 1.54. The van der Waals surface area contributed by atoms with Crippen LogP contribution in [0.5, 0.6) is 0 Å². The van der Waals surface area contributed by atoms with Gasteiger partial charge in [-0.3, -0.25) is 9.78 Å². The number of thiazole rings is 1. The summed E-state index contributed by atoms with van der Waals surface area (Å²) in [4.78, 5) is 23.7. The normalized spacial score (nSPS) is 11.1. The number of hydrogen-bond donors (Lipinski definition) is 1. The Morgan fingerprint density at radius 3 is 2.89 bits per heavy atom. The number of carbonyl (C=O) groups is 1. The van der Waals surface area contributed by atoms with Gasteiger partial charge in [0.25, 0.3) is 0 Å². The van der Waals surface area contributed by atoms with Crippen molar-refractivity contribution in [2.75, 3.05) is 0 Å². The highest BCUT2D eigenvalue weighted by atomic mass is 32.1. The largest absolute Gasteiger partial charge is 0.359 e. The molecule has 5 heteroatoms. The van der Waals surface area contributed by atoms with Gasteiger partial charge in [0.15, 0.2) is 5.78 Å². The molecule has 0 unspecified atom stereocenters. The fourth-order valence-corrected chi connectivity index (χ4v) is 2.90. The van der Waals surface area contributed by atoms with E-state index in [-0.39, 0.29) is 5.78 Å². The van der Waals surface area contributed by atoms with Crippen molar-refractivity contribution < 1.29 is 4.79 Å². The lowest BCUT2D eigenvalue weighted by molar-refractivity contribution is 0.101. The number of carbonyl (C=O) groups excluding carboxylic acids is 1. The molecule has 0 radical (unpaired) electrons. The summed E-state index contributed by atoms with van der Waals surface area (Å²) in [7, 11) is 0. The Bertz CT molecular complexity index is 743. The third-order valence-electron chi connectivity index (χ3n) is 3.18. The molecular formula is C14H13N3OS. The maximum atomic E-state index is 11.7. The van der Waals surface area contributed by atoms with E-state index in [0.717, 1.165) is 39.2 Å². The molecule has 3 aromatic heterocycles. The van der Waals surface area contributed by atoms with Gasteiger partial charge in [0.1, 0.15) is 10.7 Å². The molecule has 4 nitrogen and oxygen atoms in total. The Labute approximate surface area is 114 Å². The van der Waals surface area contributed by atoms with E-state index in [1.54, 1.807) is 30.7 Å². The number of nitrogens with zero attached hydrogens (tertiary/aromatic N) is 2. The van der Waals surface area contributed by atoms with Crippen molar-refractivity contribution in [1.82, 2.24) is 15.0 Å². The van der Waals surface area contributed by atoms with Crippen molar-refractivity contribution >= 4 is 28.0 Å². The molecule has 1 N–H and O–H groups in total. The predicted molar refractivity (Wildman–Crippen MR) is 76.6 cm³/mol. The summed E-state index contributed by atoms with van der Waals surface area (Å²) in [6, 6.07) is 0. The quantitative estimate of drug-likeness (QED) is 0.742. The Morgan fingerprint density at radius 2 is 2.26 bits per heavy atom. The van der Waals surface area contributed by atoms with Crippen molar-refractivity contribution in [2.24, 2.45) is 0 Å². The molecular weight excluding hydrogens is 258 g/mol. The van der Waals surface area contributed by atoms with E-state index in [1.165, 1.54) is 0 Å². The lowest BCUT2D eigenvalue weighted by Gasteiger charge is -2.04. The zero-order valence-electron chi connectivity index (χ0n) is 10.7. The lowest BCUT2D eigenvalue weighted by Crippen LogP contribution is -1.95. The highest BCUT2D eigenvalue weighted by molar-refractivity contribution is 7.13. The van der Waals surface area contributed by atoms with Crippen LogP contribution in [0.3, 0.4) is 0 Å². The van der Waals surface area contributed by atoms with Gasteiger partial charge in [-0.25, -0.2) is 4.98 Å². The molecule has 3 heterocycles. The fraction of sp³-hybridized carbons (Fsp3) is 0.214. The molecule has 19 heavy (non-hydrogen) atoms. The predicted octanol–water partition coefficient (Wildman–Crippen LogP) is 3.45. The number of aryl methyl sites for hydroxylation is 1. The van der Waals surface area contributed by atoms with E-state index < -0.39 is 0 Å². The number of Topliss-reactive ketones (excluding diaryl/α,β-unsaturated/α-hetero) is 1. The van der Waals surface area contributed by atoms with E-state index in [0.29, 0.717) is 0 Å². The van der Waals surface area contributed by atoms with Crippen LogP contribution in [0.2, 0.25) is 0 Å². The summed E-state index contributed by atoms with van der Waals surface area (Å²) in [6.07, 6.45) is 6.22. The highest BCUT2D eigenvalue weighted by Crippen LogP contribution is 2.31. The Kier molecular flexibility index (Phi) is 2.91. The fourth-order valence-electron chi connectivity index (χ4n) is 2.26. The van der Waals surface area contributed by atoms with Crippen LogP contribution in [0.25, 0.3) is 21.6 Å². The molecule has 0 spiro atoms.